The molecule has 0 radical (unpaired) electrons. The van der Waals surface area contributed by atoms with E-state index >= 15 is 0 Å². The number of nitrogens with two attached hydrogens (primary N) is 1. The van der Waals surface area contributed by atoms with Crippen LogP contribution in [-0.2, 0) is 0 Å². The summed E-state index contributed by atoms with van der Waals surface area (Å²) in [4.78, 5) is 0. The van der Waals surface area contributed by atoms with Gasteiger partial charge in [0.15, 0.2) is 0 Å². The van der Waals surface area contributed by atoms with E-state index in [-0.39, 0.29) is 0 Å². The van der Waals surface area contributed by atoms with Gasteiger partial charge in [0.1, 0.15) is 0 Å². The number of hydrogen-bond donors (Lipinski definition) is 2. The molecular formula is C18H26N2. The lowest BCUT2D eigenvalue weighted by Crippen LogP contribution is -1.98. The molecule has 2 nitrogen and oxygen atoms in total. The zero-order valence-electron chi connectivity index (χ0n) is 13.2. The van der Waals surface area contributed by atoms with Crippen molar-refractivity contribution >= 4 is 11.8 Å². The summed E-state index contributed by atoms with van der Waals surface area (Å²) in [6, 6.07) is 6.64. The standard InChI is InChI=1S/C18H26N2/c1-12(2)18-8-13(3)6-7-17(18)15(5)14(4)9-16(10-19)11-20/h6-8,10-12,19H,9,20H2,1-5H3/b15-14-,16-11-,19-10?. The average molecular weight is 270 g/mol. The minimum atomic E-state index is 0.500. The number of benzene rings is 1. The van der Waals surface area contributed by atoms with Crippen LogP contribution in [0.5, 0.6) is 0 Å². The molecule has 0 aromatic heterocycles. The van der Waals surface area contributed by atoms with Crippen LogP contribution in [-0.4, -0.2) is 6.21 Å². The molecule has 0 saturated carbocycles. The van der Waals surface area contributed by atoms with Crippen LogP contribution in [0.15, 0.2) is 35.5 Å². The Balaban J connectivity index is 3.25. The van der Waals surface area contributed by atoms with Crippen LogP contribution < -0.4 is 5.73 Å². The molecule has 0 unspecified atom stereocenters. The summed E-state index contributed by atoms with van der Waals surface area (Å²) in [6.07, 6.45) is 3.58. The molecule has 0 aliphatic heterocycles. The summed E-state index contributed by atoms with van der Waals surface area (Å²) in [6.45, 7) is 10.9. The highest BCUT2D eigenvalue weighted by molar-refractivity contribution is 5.78. The first-order chi connectivity index (χ1) is 9.40. The molecule has 0 bridgehead atoms. The number of allylic oxidation sites excluding steroid dienone is 3. The Morgan fingerprint density at radius 2 is 1.95 bits per heavy atom. The van der Waals surface area contributed by atoms with Crippen molar-refractivity contribution in [2.75, 3.05) is 0 Å². The van der Waals surface area contributed by atoms with E-state index in [0.717, 1.165) is 12.0 Å². The van der Waals surface area contributed by atoms with Gasteiger partial charge in [0.25, 0.3) is 0 Å². The lowest BCUT2D eigenvalue weighted by atomic mass is 9.88. The van der Waals surface area contributed by atoms with Crippen molar-refractivity contribution in [3.8, 4) is 0 Å². The first-order valence-corrected chi connectivity index (χ1v) is 7.09. The minimum absolute atomic E-state index is 0.500. The molecule has 1 aromatic carbocycles. The van der Waals surface area contributed by atoms with Crippen molar-refractivity contribution in [1.29, 1.82) is 5.41 Å². The van der Waals surface area contributed by atoms with Crippen LogP contribution in [0.2, 0.25) is 0 Å². The Hall–Kier alpha value is -1.83. The predicted octanol–water partition coefficient (Wildman–Crippen LogP) is 4.79. The molecule has 0 spiro atoms. The maximum absolute atomic E-state index is 7.34. The molecule has 108 valence electrons. The second kappa shape index (κ2) is 7.09. The van der Waals surface area contributed by atoms with Gasteiger partial charge < -0.3 is 11.1 Å². The molecule has 2 heteroatoms. The third-order valence-corrected chi connectivity index (χ3v) is 3.74. The van der Waals surface area contributed by atoms with Crippen molar-refractivity contribution in [1.82, 2.24) is 0 Å². The second-order valence-corrected chi connectivity index (χ2v) is 5.71. The Bertz CT molecular complexity index is 549. The van der Waals surface area contributed by atoms with Crippen molar-refractivity contribution in [3.05, 3.63) is 52.2 Å². The Labute approximate surface area is 122 Å². The fourth-order valence-electron chi connectivity index (χ4n) is 2.33. The molecule has 0 fully saturated rings. The molecule has 0 aliphatic carbocycles. The maximum atomic E-state index is 7.34. The van der Waals surface area contributed by atoms with Crippen molar-refractivity contribution in [3.63, 3.8) is 0 Å². The van der Waals surface area contributed by atoms with Gasteiger partial charge in [-0.15, -0.1) is 0 Å². The van der Waals surface area contributed by atoms with Gasteiger partial charge in [-0.1, -0.05) is 43.2 Å². The van der Waals surface area contributed by atoms with Crippen LogP contribution >= 0.6 is 0 Å². The van der Waals surface area contributed by atoms with Gasteiger partial charge >= 0.3 is 0 Å². The van der Waals surface area contributed by atoms with Crippen LogP contribution in [0.4, 0.5) is 0 Å². The van der Waals surface area contributed by atoms with Gasteiger partial charge in [-0.3, -0.25) is 0 Å². The lowest BCUT2D eigenvalue weighted by molar-refractivity contribution is 0.860. The number of hydrogen-bond acceptors (Lipinski definition) is 2. The third-order valence-electron chi connectivity index (χ3n) is 3.74. The highest BCUT2D eigenvalue weighted by atomic mass is 14.5. The van der Waals surface area contributed by atoms with Gasteiger partial charge in [-0.25, -0.2) is 0 Å². The minimum Gasteiger partial charge on any atom is -0.404 e. The summed E-state index contributed by atoms with van der Waals surface area (Å²) in [5, 5.41) is 7.34. The van der Waals surface area contributed by atoms with E-state index in [9.17, 15) is 0 Å². The zero-order chi connectivity index (χ0) is 15.3. The van der Waals surface area contributed by atoms with Crippen LogP contribution in [0.1, 0.15) is 56.7 Å². The monoisotopic (exact) mass is 270 g/mol. The first kappa shape index (κ1) is 16.2. The van der Waals surface area contributed by atoms with E-state index in [1.807, 2.05) is 0 Å². The van der Waals surface area contributed by atoms with Gasteiger partial charge in [-0.05, 0) is 61.6 Å². The fraction of sp³-hybridized carbons (Fsp3) is 0.389. The molecule has 3 N–H and O–H groups in total. The van der Waals surface area contributed by atoms with Crippen LogP contribution in [0.25, 0.3) is 5.57 Å². The smallest absolute Gasteiger partial charge is 0.0227 e. The van der Waals surface area contributed by atoms with Crippen molar-refractivity contribution in [2.24, 2.45) is 5.73 Å². The largest absolute Gasteiger partial charge is 0.404 e. The molecule has 1 rings (SSSR count). The normalized spacial score (nSPS) is 13.4. The third kappa shape index (κ3) is 3.83. The van der Waals surface area contributed by atoms with Crippen molar-refractivity contribution in [2.45, 2.75) is 47.0 Å². The topological polar surface area (TPSA) is 49.9 Å². The van der Waals surface area contributed by atoms with E-state index in [1.165, 1.54) is 40.3 Å². The maximum Gasteiger partial charge on any atom is 0.0227 e. The molecular weight excluding hydrogens is 244 g/mol. The van der Waals surface area contributed by atoms with E-state index in [2.05, 4.69) is 52.8 Å². The Morgan fingerprint density at radius 1 is 1.30 bits per heavy atom. The number of aryl methyl sites for hydroxylation is 1. The van der Waals surface area contributed by atoms with E-state index in [4.69, 9.17) is 11.1 Å². The Kier molecular flexibility index (Phi) is 5.75. The predicted molar refractivity (Wildman–Crippen MR) is 89.2 cm³/mol. The summed E-state index contributed by atoms with van der Waals surface area (Å²) in [7, 11) is 0. The number of rotatable bonds is 5. The average Bonchev–Trinajstić information content (AvgIpc) is 2.43. The summed E-state index contributed by atoms with van der Waals surface area (Å²) < 4.78 is 0. The molecule has 20 heavy (non-hydrogen) atoms. The van der Waals surface area contributed by atoms with Gasteiger partial charge in [0.2, 0.25) is 0 Å². The lowest BCUT2D eigenvalue weighted by Gasteiger charge is -2.17. The fourth-order valence-corrected chi connectivity index (χ4v) is 2.33. The second-order valence-electron chi connectivity index (χ2n) is 5.71. The van der Waals surface area contributed by atoms with Crippen LogP contribution in [0.3, 0.4) is 0 Å². The highest BCUT2D eigenvalue weighted by Gasteiger charge is 2.10. The zero-order valence-corrected chi connectivity index (χ0v) is 13.2. The van der Waals surface area contributed by atoms with Gasteiger partial charge in [-0.2, -0.15) is 0 Å². The van der Waals surface area contributed by atoms with Gasteiger partial charge in [0, 0.05) is 6.21 Å². The highest BCUT2D eigenvalue weighted by Crippen LogP contribution is 2.30. The quantitative estimate of drug-likeness (QED) is 0.742. The van der Waals surface area contributed by atoms with E-state index < -0.39 is 0 Å². The summed E-state index contributed by atoms with van der Waals surface area (Å²) in [5.74, 6) is 0.500. The van der Waals surface area contributed by atoms with Crippen LogP contribution in [0, 0.1) is 12.3 Å². The van der Waals surface area contributed by atoms with Crippen molar-refractivity contribution < 1.29 is 0 Å². The molecule has 0 saturated heterocycles. The molecule has 0 heterocycles. The Morgan fingerprint density at radius 3 is 2.45 bits per heavy atom. The SMILES string of the molecule is C/C(C/C(C=N)=C/N)=C(\C)c1ccc(C)cc1C(C)C. The van der Waals surface area contributed by atoms with E-state index in [1.54, 1.807) is 0 Å². The first-order valence-electron chi connectivity index (χ1n) is 7.09. The van der Waals surface area contributed by atoms with E-state index in [0.29, 0.717) is 5.92 Å². The molecule has 1 aromatic rings. The summed E-state index contributed by atoms with van der Waals surface area (Å²) >= 11 is 0. The van der Waals surface area contributed by atoms with Gasteiger partial charge in [0.05, 0.1) is 0 Å². The summed E-state index contributed by atoms with van der Waals surface area (Å²) in [5.41, 5.74) is 12.9. The molecule has 0 atom stereocenters. The molecule has 0 amide bonds. The molecule has 0 aliphatic rings. The number of nitrogens with one attached hydrogen (secondary N) is 1.